The van der Waals surface area contributed by atoms with Gasteiger partial charge in [-0.2, -0.15) is 0 Å². The lowest BCUT2D eigenvalue weighted by Gasteiger charge is -2.32. The lowest BCUT2D eigenvalue weighted by molar-refractivity contribution is 0.00578. The van der Waals surface area contributed by atoms with Crippen LogP contribution in [0.15, 0.2) is 115 Å². The molecule has 0 aliphatic carbocycles. The van der Waals surface area contributed by atoms with Crippen molar-refractivity contribution in [3.8, 4) is 45.0 Å². The van der Waals surface area contributed by atoms with Gasteiger partial charge in [-0.25, -0.2) is 9.97 Å². The van der Waals surface area contributed by atoms with E-state index in [9.17, 15) is 0 Å². The fourth-order valence-corrected chi connectivity index (χ4v) is 272. The molecule has 106 heteroatoms. The third-order valence-corrected chi connectivity index (χ3v) is 228. The van der Waals surface area contributed by atoms with Crippen molar-refractivity contribution >= 4 is 914 Å². The Morgan fingerprint density at radius 2 is 0.307 bits per heavy atom. The van der Waals surface area contributed by atoms with Gasteiger partial charge >= 0.3 is 7.12 Å². The predicted molar refractivity (Wildman–Crippen MR) is 903 cm³/mol. The second kappa shape index (κ2) is 116. The number of aromatic nitrogens is 2. The molecule has 0 saturated carbocycles. The molecular formula is C34H31BN2O2S101. The van der Waals surface area contributed by atoms with E-state index in [-0.39, 0.29) is 11.2 Å². The highest BCUT2D eigenvalue weighted by molar-refractivity contribution is 8.87. The van der Waals surface area contributed by atoms with Crippen LogP contribution in [0, 0.1) is 0 Å². The van der Waals surface area contributed by atoms with Crippen LogP contribution < -0.4 is 5.46 Å². The van der Waals surface area contributed by atoms with Crippen molar-refractivity contribution in [1.82, 2.24) is 9.97 Å². The normalized spacial score (nSPS) is 10.1. The summed E-state index contributed by atoms with van der Waals surface area (Å²) in [6, 6.07) is 39.4. The minimum atomic E-state index is -0.403. The zero-order chi connectivity index (χ0) is 99.0. The summed E-state index contributed by atoms with van der Waals surface area (Å²) < 4.78 is 12.5. The number of benzene rings is 4. The van der Waals surface area contributed by atoms with Gasteiger partial charge in [0.25, 0.3) is 0 Å². The molecule has 1 saturated heterocycles. The van der Waals surface area contributed by atoms with E-state index >= 15 is 0 Å². The van der Waals surface area contributed by atoms with Crippen LogP contribution in [0.3, 0.4) is 0 Å². The van der Waals surface area contributed by atoms with Gasteiger partial charge in [-0.1, -0.05) is 109 Å². The second-order valence-corrected chi connectivity index (χ2v) is 193. The standard InChI is InChI=1S/C34H31BN2O2.S101/c1-33(2)34(3,4)39-35(38-33)29-21-19-28(20-22-29)32-36-30(26-13-9-6-10-14-26)23-31(37-32)27-17-15-25(16-18-27)24-11-7-5-8-12-24;1-3-5-7-9-11-13-15-17-19-21-23-25-27-29-31-33-35-37-39-41-43-45-47-49-51-53-55-57-59-61-63-65-67-69-71-73-75-77-79-81-83-85-87-89-91-93-95-97-99-101-100-98-96-94-92-90-88-86-84-82-80-78-76-74-72-70-68-66-64-62-60-58-56-54-52-50-48-46-44-42-40-38-36-34-32-30-28-26-24-22-20-18-16-14-12-10-8-6-4-2/h5-23H,1-4H3;. The summed E-state index contributed by atoms with van der Waals surface area (Å²) in [7, 11) is 179. The highest BCUT2D eigenvalue weighted by atomic mass is 33.6. The van der Waals surface area contributed by atoms with Crippen LogP contribution in [-0.2, 0) is 911 Å². The molecule has 6 rings (SSSR count). The Hall–Kier alpha value is 18.2. The molecule has 1 aromatic heterocycles. The van der Waals surface area contributed by atoms with E-state index in [1.165, 1.54) is 28.9 Å². The summed E-state index contributed by atoms with van der Waals surface area (Å²) in [6.07, 6.45) is 0. The maximum absolute atomic E-state index is 6.24. The van der Waals surface area contributed by atoms with E-state index in [1.54, 1.807) is 107 Å². The molecule has 0 unspecified atom stereocenters. The third-order valence-electron chi connectivity index (χ3n) is 10.5. The van der Waals surface area contributed by atoms with Gasteiger partial charge in [0.1, 0.15) is 0 Å². The Bertz CT molecular complexity index is 10200. The van der Waals surface area contributed by atoms with Crippen LogP contribution in [0.4, 0.5) is 0 Å². The predicted octanol–water partition coefficient (Wildman–Crippen LogP) is 7.20. The van der Waals surface area contributed by atoms with Gasteiger partial charge in [0.05, 0.1) is 22.6 Å². The maximum Gasteiger partial charge on any atom is 0.494 e. The van der Waals surface area contributed by atoms with E-state index in [0.29, 0.717) is 5.82 Å². The zero-order valence-corrected chi connectivity index (χ0v) is 146. The number of hydrogen-bond donors (Lipinski definition) is 0. The fraction of sp³-hybridized carbons (Fsp3) is 0.176. The Balaban J connectivity index is 0.000000720. The molecule has 0 radical (unpaired) electrons. The number of rotatable bonds is 5. The maximum atomic E-state index is 6.24. The lowest BCUT2D eigenvalue weighted by Crippen LogP contribution is -2.41. The summed E-state index contributed by atoms with van der Waals surface area (Å²) in [5.74, 6) is 0.680. The van der Waals surface area contributed by atoms with Crippen molar-refractivity contribution in [2.24, 2.45) is 0 Å². The van der Waals surface area contributed by atoms with Gasteiger partial charge in [-0.15, -0.1) is 0 Å². The summed E-state index contributed by atoms with van der Waals surface area (Å²) >= 11 is 9.66. The minimum Gasteiger partial charge on any atom is -0.399 e. The Labute approximate surface area is 1100 Å². The van der Waals surface area contributed by atoms with Crippen molar-refractivity contribution in [2.75, 3.05) is 0 Å². The minimum absolute atomic E-state index is 0.381. The molecule has 4 aromatic carbocycles. The fourth-order valence-electron chi connectivity index (χ4n) is 5.81. The van der Waals surface area contributed by atoms with E-state index in [2.05, 4.69) is 94.4 Å². The molecule has 0 bridgehead atoms. The summed E-state index contributed by atoms with van der Waals surface area (Å²) in [5, 5.41) is 0. The highest BCUT2D eigenvalue weighted by Gasteiger charge is 2.51. The van der Waals surface area contributed by atoms with Crippen molar-refractivity contribution in [2.45, 2.75) is 38.9 Å². The molecule has 2 heterocycles. The SMILES string of the molecule is CC1(C)OB(c2ccc(-c3nc(-c4ccccc4)cc(-c4ccc(-c5ccccc5)cc4)n3)cc2)OC1(C)C.S=S=S=S=S=S=S=S=S=S=S=S=S=S=S=S=S=S=S=S=S=S=S=S=S=S=S=S=S=S=S=S=S=S=S=S=S=S=S=S=S=S=S=S=S=S=S=S=S=S=S=S=S=S=S=S=S=S=S=S=S=S=S=S=S=S=S=S=S=S=S=S=S=S=S=S=S=S=S=S=S=S=S=S=S=S=S=S=S=S=S=S=S=S=S=S=S=S=S=S=S. The molecule has 798 valence electrons. The molecule has 0 spiro atoms. The van der Waals surface area contributed by atoms with Crippen LogP contribution in [0.1, 0.15) is 27.7 Å². The van der Waals surface area contributed by atoms with E-state index < -0.39 is 7.12 Å². The summed E-state index contributed by atoms with van der Waals surface area (Å²) in [5.41, 5.74) is 7.40. The van der Waals surface area contributed by atoms with Gasteiger partial charge in [0.15, 0.2) is 5.82 Å². The molecule has 0 atom stereocenters. The van der Waals surface area contributed by atoms with Crippen LogP contribution in [0.5, 0.6) is 0 Å². The first kappa shape index (κ1) is 149. The largest absolute Gasteiger partial charge is 0.494 e. The van der Waals surface area contributed by atoms with Crippen molar-refractivity contribution < 1.29 is 9.31 Å². The van der Waals surface area contributed by atoms with Gasteiger partial charge in [-0.3, -0.25) is 0 Å². The van der Waals surface area contributed by atoms with Crippen molar-refractivity contribution in [3.63, 3.8) is 0 Å². The molecule has 0 amide bonds. The van der Waals surface area contributed by atoms with Crippen LogP contribution in [-0.4, -0.2) is 28.3 Å². The number of hydrogen-bond acceptors (Lipinski definition) is 6. The molecule has 0 N–H and O–H groups in total. The molecule has 1 aliphatic heterocycles. The summed E-state index contributed by atoms with van der Waals surface area (Å²) in [6.45, 7) is 8.27. The monoisotopic (exact) mass is 3740 g/mol. The quantitative estimate of drug-likeness (QED) is 0.174. The van der Waals surface area contributed by atoms with E-state index in [4.69, 9.17) is 41.7 Å². The topological polar surface area (TPSA) is 44.2 Å². The van der Waals surface area contributed by atoms with Crippen LogP contribution in [0.25, 0.3) is 45.0 Å². The summed E-state index contributed by atoms with van der Waals surface area (Å²) in [4.78, 5) is 9.97. The molecule has 1 aliphatic rings. The van der Waals surface area contributed by atoms with E-state index in [1.807, 2.05) is 803 Å². The van der Waals surface area contributed by atoms with Crippen LogP contribution >= 0.6 is 0 Å². The lowest BCUT2D eigenvalue weighted by atomic mass is 9.79. The first-order valence-electron chi connectivity index (χ1n) is 30.0. The van der Waals surface area contributed by atoms with Gasteiger partial charge in [-0.05, 0) is 50.4 Å². The smallest absolute Gasteiger partial charge is 0.399 e. The Morgan fingerprint density at radius 1 is 0.171 bits per heavy atom. The van der Waals surface area contributed by atoms with E-state index in [0.717, 1.165) is 33.5 Å². The molecule has 1 fully saturated rings. The van der Waals surface area contributed by atoms with Gasteiger partial charge < -0.3 is 9.31 Å². The van der Waals surface area contributed by atoms with Gasteiger partial charge in [0, 0.05) is 918 Å². The van der Waals surface area contributed by atoms with Crippen molar-refractivity contribution in [1.29, 1.82) is 0 Å². The number of nitrogens with zero attached hydrogens (tertiary/aromatic N) is 2. The van der Waals surface area contributed by atoms with Gasteiger partial charge in [0.2, 0.25) is 0 Å². The molecular weight excluding hydrogens is 3720 g/mol. The average Bonchev–Trinajstić information content (AvgIpc) is 1.60. The Kier molecular flexibility index (Phi) is 123. The molecule has 5 aromatic rings. The second-order valence-electron chi connectivity index (χ2n) is 17.7. The van der Waals surface area contributed by atoms with Crippen molar-refractivity contribution in [3.05, 3.63) is 115 Å². The van der Waals surface area contributed by atoms with Crippen LogP contribution in [0.2, 0.25) is 0 Å². The highest BCUT2D eigenvalue weighted by Crippen LogP contribution is 2.37. The molecule has 4 nitrogen and oxygen atoms in total. The average molecular weight is 3750 g/mol. The molecule has 140 heavy (non-hydrogen) atoms. The third kappa shape index (κ3) is 91.1. The first-order valence-corrected chi connectivity index (χ1v) is 163. The first-order chi connectivity index (χ1) is 69.2. The Morgan fingerprint density at radius 3 is 0.479 bits per heavy atom. The zero-order valence-electron chi connectivity index (χ0n) is 64.0.